The third kappa shape index (κ3) is 4.80. The second-order valence-electron chi connectivity index (χ2n) is 6.41. The molecule has 0 spiro atoms. The van der Waals surface area contributed by atoms with E-state index >= 15 is 0 Å². The topological polar surface area (TPSA) is 24.5 Å². The van der Waals surface area contributed by atoms with E-state index in [1.807, 2.05) is 7.11 Å². The standard InChI is InChI=1S/C18H30N2O/c1-4-12-19-17(16-9-6-5-7-10-16)14-20-13-8-11-18(2,15-20)21-3/h5-7,9-10,17,19H,4,8,11-15H2,1-3H3. The summed E-state index contributed by atoms with van der Waals surface area (Å²) in [6.45, 7) is 8.78. The first kappa shape index (κ1) is 16.5. The van der Waals surface area contributed by atoms with Crippen molar-refractivity contribution in [2.75, 3.05) is 33.3 Å². The van der Waals surface area contributed by atoms with Crippen LogP contribution in [0.5, 0.6) is 0 Å². The summed E-state index contributed by atoms with van der Waals surface area (Å²) in [5.74, 6) is 0. The van der Waals surface area contributed by atoms with Crippen LogP contribution in [0.3, 0.4) is 0 Å². The summed E-state index contributed by atoms with van der Waals surface area (Å²) in [7, 11) is 1.84. The highest BCUT2D eigenvalue weighted by Gasteiger charge is 2.31. The summed E-state index contributed by atoms with van der Waals surface area (Å²) in [4.78, 5) is 2.55. The number of piperidine rings is 1. The van der Waals surface area contributed by atoms with Gasteiger partial charge in [-0.25, -0.2) is 0 Å². The van der Waals surface area contributed by atoms with Crippen molar-refractivity contribution in [3.05, 3.63) is 35.9 Å². The van der Waals surface area contributed by atoms with E-state index in [1.54, 1.807) is 0 Å². The molecule has 2 unspecified atom stereocenters. The second-order valence-corrected chi connectivity index (χ2v) is 6.41. The molecule has 0 saturated carbocycles. The Hall–Kier alpha value is -0.900. The Balaban J connectivity index is 2.01. The maximum absolute atomic E-state index is 5.72. The molecule has 2 rings (SSSR count). The Morgan fingerprint density at radius 1 is 1.33 bits per heavy atom. The fourth-order valence-electron chi connectivity index (χ4n) is 3.18. The van der Waals surface area contributed by atoms with Crippen molar-refractivity contribution in [3.8, 4) is 0 Å². The number of nitrogens with zero attached hydrogens (tertiary/aromatic N) is 1. The first-order chi connectivity index (χ1) is 10.2. The fourth-order valence-corrected chi connectivity index (χ4v) is 3.18. The molecule has 118 valence electrons. The molecular weight excluding hydrogens is 260 g/mol. The molecule has 3 heteroatoms. The number of hydrogen-bond donors (Lipinski definition) is 1. The number of nitrogens with one attached hydrogen (secondary N) is 1. The molecule has 0 aliphatic carbocycles. The first-order valence-electron chi connectivity index (χ1n) is 8.23. The zero-order chi connectivity index (χ0) is 15.1. The van der Waals surface area contributed by atoms with Crippen molar-refractivity contribution < 1.29 is 4.74 Å². The van der Waals surface area contributed by atoms with Crippen LogP contribution in [0.15, 0.2) is 30.3 Å². The van der Waals surface area contributed by atoms with Crippen LogP contribution in [0.1, 0.15) is 44.7 Å². The molecule has 0 amide bonds. The maximum atomic E-state index is 5.72. The van der Waals surface area contributed by atoms with E-state index in [0.29, 0.717) is 6.04 Å². The van der Waals surface area contributed by atoms with Gasteiger partial charge in [-0.15, -0.1) is 0 Å². The highest BCUT2D eigenvalue weighted by Crippen LogP contribution is 2.25. The lowest BCUT2D eigenvalue weighted by Gasteiger charge is -2.41. The molecule has 2 atom stereocenters. The van der Waals surface area contributed by atoms with Gasteiger partial charge in [0.05, 0.1) is 5.60 Å². The van der Waals surface area contributed by atoms with Crippen LogP contribution in [-0.2, 0) is 4.74 Å². The minimum absolute atomic E-state index is 0.0181. The summed E-state index contributed by atoms with van der Waals surface area (Å²) in [6.07, 6.45) is 3.55. The minimum Gasteiger partial charge on any atom is -0.377 e. The van der Waals surface area contributed by atoms with Crippen molar-refractivity contribution in [1.29, 1.82) is 0 Å². The predicted octanol–water partition coefficient (Wildman–Crippen LogP) is 3.23. The highest BCUT2D eigenvalue weighted by atomic mass is 16.5. The Labute approximate surface area is 129 Å². The van der Waals surface area contributed by atoms with Crippen molar-refractivity contribution in [2.45, 2.75) is 44.8 Å². The predicted molar refractivity (Wildman–Crippen MR) is 88.6 cm³/mol. The zero-order valence-electron chi connectivity index (χ0n) is 13.8. The van der Waals surface area contributed by atoms with E-state index in [-0.39, 0.29) is 5.60 Å². The van der Waals surface area contributed by atoms with E-state index < -0.39 is 0 Å². The van der Waals surface area contributed by atoms with Crippen molar-refractivity contribution in [1.82, 2.24) is 10.2 Å². The molecule has 1 aliphatic heterocycles. The summed E-state index contributed by atoms with van der Waals surface area (Å²) in [5, 5.41) is 3.70. The Kier molecular flexibility index (Phi) is 6.22. The lowest BCUT2D eigenvalue weighted by Crippen LogP contribution is -2.49. The largest absolute Gasteiger partial charge is 0.377 e. The quantitative estimate of drug-likeness (QED) is 0.834. The molecule has 1 fully saturated rings. The number of methoxy groups -OCH3 is 1. The van der Waals surface area contributed by atoms with Gasteiger partial charge in [-0.1, -0.05) is 37.3 Å². The lowest BCUT2D eigenvalue weighted by molar-refractivity contribution is -0.0523. The van der Waals surface area contributed by atoms with Gasteiger partial charge in [0.25, 0.3) is 0 Å². The molecule has 1 aliphatic rings. The molecule has 21 heavy (non-hydrogen) atoms. The molecule has 1 N–H and O–H groups in total. The molecule has 0 radical (unpaired) electrons. The molecule has 1 saturated heterocycles. The van der Waals surface area contributed by atoms with Crippen molar-refractivity contribution >= 4 is 0 Å². The Morgan fingerprint density at radius 2 is 2.10 bits per heavy atom. The average Bonchev–Trinajstić information content (AvgIpc) is 2.52. The van der Waals surface area contributed by atoms with Gasteiger partial charge in [-0.3, -0.25) is 4.90 Å². The molecule has 1 aromatic carbocycles. The van der Waals surface area contributed by atoms with E-state index in [0.717, 1.165) is 19.6 Å². The van der Waals surface area contributed by atoms with E-state index in [4.69, 9.17) is 4.74 Å². The number of likely N-dealkylation sites (tertiary alicyclic amines) is 1. The van der Waals surface area contributed by atoms with Crippen LogP contribution in [0.4, 0.5) is 0 Å². The fraction of sp³-hybridized carbons (Fsp3) is 0.667. The van der Waals surface area contributed by atoms with Crippen molar-refractivity contribution in [2.24, 2.45) is 0 Å². The summed E-state index contributed by atoms with van der Waals surface area (Å²) in [5.41, 5.74) is 1.40. The van der Waals surface area contributed by atoms with Gasteiger partial charge in [0.2, 0.25) is 0 Å². The van der Waals surface area contributed by atoms with Gasteiger partial charge in [-0.2, -0.15) is 0 Å². The van der Waals surface area contributed by atoms with E-state index in [9.17, 15) is 0 Å². The van der Waals surface area contributed by atoms with Gasteiger partial charge >= 0.3 is 0 Å². The molecule has 0 aromatic heterocycles. The third-order valence-electron chi connectivity index (χ3n) is 4.51. The monoisotopic (exact) mass is 290 g/mol. The van der Waals surface area contributed by atoms with Crippen LogP contribution in [0.25, 0.3) is 0 Å². The summed E-state index contributed by atoms with van der Waals surface area (Å²) < 4.78 is 5.72. The molecule has 3 nitrogen and oxygen atoms in total. The number of benzene rings is 1. The third-order valence-corrected chi connectivity index (χ3v) is 4.51. The summed E-state index contributed by atoms with van der Waals surface area (Å²) >= 11 is 0. The minimum atomic E-state index is 0.0181. The van der Waals surface area contributed by atoms with E-state index in [1.165, 1.54) is 31.4 Å². The van der Waals surface area contributed by atoms with Gasteiger partial charge in [0, 0.05) is 26.2 Å². The molecule has 0 bridgehead atoms. The first-order valence-corrected chi connectivity index (χ1v) is 8.23. The second kappa shape index (κ2) is 7.92. The SMILES string of the molecule is CCCNC(CN1CCCC(C)(OC)C1)c1ccccc1. The van der Waals surface area contributed by atoms with Crippen LogP contribution in [0, 0.1) is 0 Å². The van der Waals surface area contributed by atoms with Crippen LogP contribution >= 0.6 is 0 Å². The van der Waals surface area contributed by atoms with E-state index in [2.05, 4.69) is 54.4 Å². The zero-order valence-corrected chi connectivity index (χ0v) is 13.8. The number of hydrogen-bond acceptors (Lipinski definition) is 3. The normalized spacial score (nSPS) is 24.9. The van der Waals surface area contributed by atoms with Gasteiger partial charge < -0.3 is 10.1 Å². The average molecular weight is 290 g/mol. The maximum Gasteiger partial charge on any atom is 0.0777 e. The van der Waals surface area contributed by atoms with Crippen LogP contribution < -0.4 is 5.32 Å². The van der Waals surface area contributed by atoms with Crippen LogP contribution in [0.2, 0.25) is 0 Å². The van der Waals surface area contributed by atoms with Crippen LogP contribution in [-0.4, -0.2) is 43.8 Å². The molecule has 1 aromatic rings. The van der Waals surface area contributed by atoms with Gasteiger partial charge in [0.15, 0.2) is 0 Å². The summed E-state index contributed by atoms with van der Waals surface area (Å²) in [6, 6.07) is 11.2. The number of ether oxygens (including phenoxy) is 1. The van der Waals surface area contributed by atoms with Crippen molar-refractivity contribution in [3.63, 3.8) is 0 Å². The Bertz CT molecular complexity index is 409. The van der Waals surface area contributed by atoms with Gasteiger partial charge in [0.1, 0.15) is 0 Å². The highest BCUT2D eigenvalue weighted by molar-refractivity contribution is 5.19. The smallest absolute Gasteiger partial charge is 0.0777 e. The van der Waals surface area contributed by atoms with Gasteiger partial charge in [-0.05, 0) is 44.8 Å². The number of rotatable bonds is 7. The molecule has 1 heterocycles. The Morgan fingerprint density at radius 3 is 2.76 bits per heavy atom. The molecular formula is C18H30N2O. The lowest BCUT2D eigenvalue weighted by atomic mass is 9.94.